The predicted octanol–water partition coefficient (Wildman–Crippen LogP) is 0.923. The predicted molar refractivity (Wildman–Crippen MR) is 62.1 cm³/mol. The van der Waals surface area contributed by atoms with Crippen molar-refractivity contribution in [3.63, 3.8) is 0 Å². The van der Waals surface area contributed by atoms with E-state index in [0.717, 1.165) is 11.8 Å². The van der Waals surface area contributed by atoms with Crippen LogP contribution < -0.4 is 5.84 Å². The van der Waals surface area contributed by atoms with E-state index in [1.807, 2.05) is 6.07 Å². The van der Waals surface area contributed by atoms with Crippen molar-refractivity contribution >= 4 is 17.4 Å². The van der Waals surface area contributed by atoms with Crippen LogP contribution in [0, 0.1) is 21.4 Å². The summed E-state index contributed by atoms with van der Waals surface area (Å²) in [6.45, 7) is 0. The van der Waals surface area contributed by atoms with Gasteiger partial charge in [0.05, 0.1) is 10.5 Å². The Bertz CT molecular complexity index is 647. The molecule has 0 aliphatic carbocycles. The number of rotatable bonds is 3. The summed E-state index contributed by atoms with van der Waals surface area (Å²) < 4.78 is 1.20. The van der Waals surface area contributed by atoms with E-state index in [1.165, 1.54) is 29.2 Å². The van der Waals surface area contributed by atoms with E-state index < -0.39 is 4.92 Å². The normalized spacial score (nSPS) is 9.94. The van der Waals surface area contributed by atoms with Crippen molar-refractivity contribution in [3.05, 3.63) is 40.2 Å². The molecule has 1 heterocycles. The summed E-state index contributed by atoms with van der Waals surface area (Å²) in [6, 6.07) is 5.91. The van der Waals surface area contributed by atoms with Crippen molar-refractivity contribution in [3.8, 4) is 6.07 Å². The minimum Gasteiger partial charge on any atom is -0.336 e. The van der Waals surface area contributed by atoms with E-state index in [2.05, 4.69) is 10.2 Å². The zero-order valence-corrected chi connectivity index (χ0v) is 9.66. The van der Waals surface area contributed by atoms with Crippen LogP contribution in [-0.4, -0.2) is 19.8 Å². The monoisotopic (exact) mass is 262 g/mol. The Labute approximate surface area is 105 Å². The summed E-state index contributed by atoms with van der Waals surface area (Å²) in [7, 11) is 0. The van der Waals surface area contributed by atoms with Crippen molar-refractivity contribution in [1.82, 2.24) is 14.9 Å². The number of nitrogens with zero attached hydrogens (tertiary/aromatic N) is 5. The molecular formula is C9H6N6O2S. The lowest BCUT2D eigenvalue weighted by atomic mass is 10.2. The Morgan fingerprint density at radius 3 is 2.89 bits per heavy atom. The van der Waals surface area contributed by atoms with Crippen LogP contribution >= 0.6 is 11.8 Å². The van der Waals surface area contributed by atoms with Crippen molar-refractivity contribution in [1.29, 1.82) is 5.26 Å². The molecule has 2 N–H and O–H groups in total. The topological polar surface area (TPSA) is 124 Å². The number of nitrogens with two attached hydrogens (primary N) is 1. The molecule has 18 heavy (non-hydrogen) atoms. The van der Waals surface area contributed by atoms with Gasteiger partial charge in [0.1, 0.15) is 12.4 Å². The third kappa shape index (κ3) is 2.23. The second-order valence-electron chi connectivity index (χ2n) is 3.17. The Hall–Kier alpha value is -2.60. The molecule has 0 saturated carbocycles. The molecule has 0 atom stereocenters. The quantitative estimate of drug-likeness (QED) is 0.495. The summed E-state index contributed by atoms with van der Waals surface area (Å²) >= 11 is 1.11. The summed E-state index contributed by atoms with van der Waals surface area (Å²) in [5.74, 6) is 5.54. The minimum atomic E-state index is -0.555. The second-order valence-corrected chi connectivity index (χ2v) is 4.18. The zero-order chi connectivity index (χ0) is 13.1. The molecule has 0 unspecified atom stereocenters. The van der Waals surface area contributed by atoms with Crippen molar-refractivity contribution < 1.29 is 4.92 Å². The number of nitro benzene ring substituents is 1. The third-order valence-corrected chi connectivity index (χ3v) is 3.09. The Balaban J connectivity index is 2.37. The van der Waals surface area contributed by atoms with Gasteiger partial charge in [-0.15, -0.1) is 10.2 Å². The summed E-state index contributed by atoms with van der Waals surface area (Å²) in [5, 5.41) is 27.3. The van der Waals surface area contributed by atoms with Gasteiger partial charge in [-0.05, 0) is 17.8 Å². The Morgan fingerprint density at radius 2 is 2.33 bits per heavy atom. The van der Waals surface area contributed by atoms with Crippen LogP contribution in [0.1, 0.15) is 5.56 Å². The van der Waals surface area contributed by atoms with E-state index in [0.29, 0.717) is 10.1 Å². The average Bonchev–Trinajstić information content (AvgIpc) is 2.75. The molecule has 0 radical (unpaired) electrons. The van der Waals surface area contributed by atoms with Crippen LogP contribution in [0.4, 0.5) is 5.69 Å². The fourth-order valence-electron chi connectivity index (χ4n) is 1.21. The molecular weight excluding hydrogens is 256 g/mol. The third-order valence-electron chi connectivity index (χ3n) is 2.04. The molecule has 0 aliphatic rings. The second kappa shape index (κ2) is 4.72. The molecule has 1 aromatic carbocycles. The fourth-order valence-corrected chi connectivity index (χ4v) is 2.00. The first-order valence-corrected chi connectivity index (χ1v) is 5.45. The smallest absolute Gasteiger partial charge is 0.270 e. The number of nitriles is 1. The van der Waals surface area contributed by atoms with Crippen molar-refractivity contribution in [2.45, 2.75) is 10.1 Å². The number of nitrogen functional groups attached to an aromatic ring is 1. The first-order chi connectivity index (χ1) is 8.61. The standard InChI is InChI=1S/C9H6N6O2S/c10-4-6-3-7(15(16)17)1-2-8(6)18-9-13-12-5-14(9)11/h1-3,5H,11H2. The molecule has 8 nitrogen and oxygen atoms in total. The maximum atomic E-state index is 10.6. The van der Waals surface area contributed by atoms with Gasteiger partial charge in [0, 0.05) is 17.0 Å². The van der Waals surface area contributed by atoms with Crippen LogP contribution in [0.5, 0.6) is 0 Å². The van der Waals surface area contributed by atoms with Gasteiger partial charge in [-0.2, -0.15) is 5.26 Å². The van der Waals surface area contributed by atoms with Crippen LogP contribution in [-0.2, 0) is 0 Å². The van der Waals surface area contributed by atoms with Crippen LogP contribution in [0.15, 0.2) is 34.6 Å². The van der Waals surface area contributed by atoms with Gasteiger partial charge in [0.25, 0.3) is 5.69 Å². The molecule has 0 fully saturated rings. The maximum absolute atomic E-state index is 10.6. The lowest BCUT2D eigenvalue weighted by Gasteiger charge is -2.02. The molecule has 2 rings (SSSR count). The van der Waals surface area contributed by atoms with Crippen LogP contribution in [0.3, 0.4) is 0 Å². The van der Waals surface area contributed by atoms with Gasteiger partial charge in [-0.1, -0.05) is 0 Å². The molecule has 0 aliphatic heterocycles. The van der Waals surface area contributed by atoms with E-state index in [-0.39, 0.29) is 11.3 Å². The lowest BCUT2D eigenvalue weighted by molar-refractivity contribution is -0.384. The van der Waals surface area contributed by atoms with Gasteiger partial charge in [-0.25, -0.2) is 4.68 Å². The van der Waals surface area contributed by atoms with Crippen molar-refractivity contribution in [2.24, 2.45) is 0 Å². The average molecular weight is 262 g/mol. The molecule has 90 valence electrons. The number of nitro groups is 1. The molecule has 1 aromatic heterocycles. The number of hydrogen-bond acceptors (Lipinski definition) is 7. The van der Waals surface area contributed by atoms with Crippen LogP contribution in [0.2, 0.25) is 0 Å². The van der Waals surface area contributed by atoms with E-state index in [9.17, 15) is 10.1 Å². The summed E-state index contributed by atoms with van der Waals surface area (Å²) in [6.07, 6.45) is 1.32. The largest absolute Gasteiger partial charge is 0.336 e. The SMILES string of the molecule is N#Cc1cc([N+](=O)[O-])ccc1Sc1nncn1N. The molecule has 0 spiro atoms. The first-order valence-electron chi connectivity index (χ1n) is 4.63. The van der Waals surface area contributed by atoms with Crippen molar-refractivity contribution in [2.75, 3.05) is 5.84 Å². The van der Waals surface area contributed by atoms with Crippen LogP contribution in [0.25, 0.3) is 0 Å². The Morgan fingerprint density at radius 1 is 1.56 bits per heavy atom. The van der Waals surface area contributed by atoms with Gasteiger partial charge in [0.15, 0.2) is 0 Å². The highest BCUT2D eigenvalue weighted by Gasteiger charge is 2.13. The molecule has 0 bridgehead atoms. The van der Waals surface area contributed by atoms with E-state index in [1.54, 1.807) is 0 Å². The fraction of sp³-hybridized carbons (Fsp3) is 0. The number of non-ortho nitro benzene ring substituents is 1. The Kier molecular flexibility index (Phi) is 3.11. The number of hydrogen-bond donors (Lipinski definition) is 1. The first kappa shape index (κ1) is 11.9. The maximum Gasteiger partial charge on any atom is 0.270 e. The molecule has 9 heteroatoms. The lowest BCUT2D eigenvalue weighted by Crippen LogP contribution is -2.07. The molecule has 0 saturated heterocycles. The zero-order valence-electron chi connectivity index (χ0n) is 8.85. The van der Waals surface area contributed by atoms with E-state index >= 15 is 0 Å². The molecule has 0 amide bonds. The van der Waals surface area contributed by atoms with E-state index in [4.69, 9.17) is 11.1 Å². The molecule has 2 aromatic rings. The highest BCUT2D eigenvalue weighted by molar-refractivity contribution is 7.99. The minimum absolute atomic E-state index is 0.134. The van der Waals surface area contributed by atoms with Gasteiger partial charge in [-0.3, -0.25) is 10.1 Å². The highest BCUT2D eigenvalue weighted by atomic mass is 32.2. The summed E-state index contributed by atoms with van der Waals surface area (Å²) in [4.78, 5) is 10.6. The number of benzene rings is 1. The highest BCUT2D eigenvalue weighted by Crippen LogP contribution is 2.30. The number of aromatic nitrogens is 3. The van der Waals surface area contributed by atoms with Gasteiger partial charge < -0.3 is 5.84 Å². The summed E-state index contributed by atoms with van der Waals surface area (Å²) in [5.41, 5.74) is 0.0577. The van der Waals surface area contributed by atoms with Gasteiger partial charge >= 0.3 is 0 Å². The van der Waals surface area contributed by atoms with Gasteiger partial charge in [0.2, 0.25) is 5.16 Å².